The van der Waals surface area contributed by atoms with Gasteiger partial charge in [0.05, 0.1) is 16.8 Å². The molecule has 0 saturated carbocycles. The maximum atomic E-state index is 9.56. The summed E-state index contributed by atoms with van der Waals surface area (Å²) in [6, 6.07) is 5.90. The fourth-order valence-corrected chi connectivity index (χ4v) is 2.97. The number of hydrogen-bond donors (Lipinski definition) is 1. The lowest BCUT2D eigenvalue weighted by molar-refractivity contribution is 0.199. The Kier molecular flexibility index (Phi) is 4.52. The molecule has 0 amide bonds. The Morgan fingerprint density at radius 3 is 2.89 bits per heavy atom. The van der Waals surface area contributed by atoms with E-state index >= 15 is 0 Å². The van der Waals surface area contributed by atoms with Crippen LogP contribution >= 0.6 is 11.6 Å². The Balaban J connectivity index is 2.17. The summed E-state index contributed by atoms with van der Waals surface area (Å²) < 4.78 is 0. The molecule has 1 aliphatic heterocycles. The molecule has 1 saturated heterocycles. The number of anilines is 1. The minimum atomic E-state index is -0.457. The lowest BCUT2D eigenvalue weighted by atomic mass is 9.95. The number of hydrogen-bond acceptors (Lipinski definition) is 2. The molecule has 18 heavy (non-hydrogen) atoms. The number of piperidine rings is 1. The number of aliphatic hydroxyl groups excluding tert-OH is 1. The van der Waals surface area contributed by atoms with Crippen molar-refractivity contribution in [1.82, 2.24) is 0 Å². The quantitative estimate of drug-likeness (QED) is 0.894. The van der Waals surface area contributed by atoms with Crippen molar-refractivity contribution in [1.29, 1.82) is 0 Å². The molecule has 1 N–H and O–H groups in total. The van der Waals surface area contributed by atoms with Gasteiger partial charge in [-0.2, -0.15) is 0 Å². The molecule has 1 heterocycles. The van der Waals surface area contributed by atoms with Crippen molar-refractivity contribution in [3.8, 4) is 0 Å². The van der Waals surface area contributed by atoms with Crippen molar-refractivity contribution in [2.45, 2.75) is 39.2 Å². The van der Waals surface area contributed by atoms with Gasteiger partial charge >= 0.3 is 0 Å². The Morgan fingerprint density at radius 1 is 1.50 bits per heavy atom. The molecule has 1 aliphatic rings. The molecule has 2 unspecified atom stereocenters. The van der Waals surface area contributed by atoms with Gasteiger partial charge in [-0.15, -0.1) is 0 Å². The van der Waals surface area contributed by atoms with E-state index in [1.165, 1.54) is 19.3 Å². The molecule has 0 spiro atoms. The van der Waals surface area contributed by atoms with Gasteiger partial charge in [-0.05, 0) is 43.4 Å². The molecular weight excluding hydrogens is 246 g/mol. The van der Waals surface area contributed by atoms with Crippen molar-refractivity contribution < 1.29 is 5.11 Å². The second-order valence-electron chi connectivity index (χ2n) is 5.25. The monoisotopic (exact) mass is 267 g/mol. The average molecular weight is 268 g/mol. The van der Waals surface area contributed by atoms with Gasteiger partial charge in [0.1, 0.15) is 0 Å². The summed E-state index contributed by atoms with van der Waals surface area (Å²) in [5.74, 6) is 0.784. The van der Waals surface area contributed by atoms with Crippen molar-refractivity contribution in [3.05, 3.63) is 28.8 Å². The van der Waals surface area contributed by atoms with E-state index < -0.39 is 6.10 Å². The number of aliphatic hydroxyl groups is 1. The van der Waals surface area contributed by atoms with Crippen LogP contribution in [0.5, 0.6) is 0 Å². The van der Waals surface area contributed by atoms with E-state index in [4.69, 9.17) is 11.6 Å². The first-order valence-electron chi connectivity index (χ1n) is 6.84. The van der Waals surface area contributed by atoms with Gasteiger partial charge in [-0.25, -0.2) is 0 Å². The third kappa shape index (κ3) is 2.99. The molecule has 0 aromatic heterocycles. The highest BCUT2D eigenvalue weighted by Crippen LogP contribution is 2.32. The summed E-state index contributed by atoms with van der Waals surface area (Å²) in [6.07, 6.45) is 3.35. The van der Waals surface area contributed by atoms with Crippen LogP contribution in [0.3, 0.4) is 0 Å². The highest BCUT2D eigenvalue weighted by atomic mass is 35.5. The zero-order valence-electron chi connectivity index (χ0n) is 11.2. The summed E-state index contributed by atoms with van der Waals surface area (Å²) in [5.41, 5.74) is 1.99. The van der Waals surface area contributed by atoms with Gasteiger partial charge in [-0.1, -0.05) is 31.0 Å². The Labute approximate surface area is 115 Å². The Hall–Kier alpha value is -0.730. The first-order valence-corrected chi connectivity index (χ1v) is 7.22. The summed E-state index contributed by atoms with van der Waals surface area (Å²) in [5, 5.41) is 10.3. The van der Waals surface area contributed by atoms with Crippen molar-refractivity contribution in [2.75, 3.05) is 18.0 Å². The third-order valence-corrected chi connectivity index (χ3v) is 4.19. The molecule has 1 fully saturated rings. The van der Waals surface area contributed by atoms with Gasteiger partial charge in [0, 0.05) is 13.1 Å². The van der Waals surface area contributed by atoms with E-state index in [2.05, 4.69) is 11.8 Å². The van der Waals surface area contributed by atoms with E-state index in [1.54, 1.807) is 6.92 Å². The maximum absolute atomic E-state index is 9.56. The second kappa shape index (κ2) is 5.94. The molecule has 0 aliphatic carbocycles. The van der Waals surface area contributed by atoms with Crippen LogP contribution in [0.15, 0.2) is 18.2 Å². The normalized spacial score (nSPS) is 22.0. The average Bonchev–Trinajstić information content (AvgIpc) is 2.38. The molecule has 0 bridgehead atoms. The van der Waals surface area contributed by atoms with Crippen LogP contribution in [0, 0.1) is 5.92 Å². The van der Waals surface area contributed by atoms with E-state index in [9.17, 15) is 5.11 Å². The molecule has 3 heteroatoms. The molecule has 1 aromatic rings. The van der Waals surface area contributed by atoms with Crippen LogP contribution in [0.2, 0.25) is 5.02 Å². The van der Waals surface area contributed by atoms with Crippen LogP contribution in [0.25, 0.3) is 0 Å². The summed E-state index contributed by atoms with van der Waals surface area (Å²) in [4.78, 5) is 2.38. The fourth-order valence-electron chi connectivity index (χ4n) is 2.66. The Morgan fingerprint density at radius 2 is 2.28 bits per heavy atom. The van der Waals surface area contributed by atoms with Gasteiger partial charge in [0.2, 0.25) is 0 Å². The fraction of sp³-hybridized carbons (Fsp3) is 0.600. The zero-order valence-corrected chi connectivity index (χ0v) is 12.0. The summed E-state index contributed by atoms with van der Waals surface area (Å²) in [7, 11) is 0. The first kappa shape index (κ1) is 13.7. The van der Waals surface area contributed by atoms with E-state index in [-0.39, 0.29) is 0 Å². The standard InChI is InChI=1S/C15H22ClNO/c1-3-12-5-4-8-17(10-12)15-7-6-13(11(2)18)9-14(15)16/h6-7,9,11-12,18H,3-5,8,10H2,1-2H3. The van der Waals surface area contributed by atoms with E-state index in [0.717, 1.165) is 35.3 Å². The number of benzene rings is 1. The minimum Gasteiger partial charge on any atom is -0.389 e. The second-order valence-corrected chi connectivity index (χ2v) is 5.66. The molecule has 2 nitrogen and oxygen atoms in total. The van der Waals surface area contributed by atoms with Crippen molar-refractivity contribution in [3.63, 3.8) is 0 Å². The lowest BCUT2D eigenvalue weighted by Gasteiger charge is -2.34. The van der Waals surface area contributed by atoms with Gasteiger partial charge in [-0.3, -0.25) is 0 Å². The maximum Gasteiger partial charge on any atom is 0.0762 e. The number of rotatable bonds is 3. The minimum absolute atomic E-state index is 0.457. The Bertz CT molecular complexity index is 405. The highest BCUT2D eigenvalue weighted by molar-refractivity contribution is 6.33. The van der Waals surface area contributed by atoms with Crippen molar-refractivity contribution in [2.24, 2.45) is 5.92 Å². The summed E-state index contributed by atoms with van der Waals surface area (Å²) in [6.45, 7) is 6.21. The lowest BCUT2D eigenvalue weighted by Crippen LogP contribution is -2.35. The topological polar surface area (TPSA) is 23.5 Å². The van der Waals surface area contributed by atoms with Crippen LogP contribution in [-0.4, -0.2) is 18.2 Å². The SMILES string of the molecule is CCC1CCCN(c2ccc(C(C)O)cc2Cl)C1. The van der Waals surface area contributed by atoms with Crippen LogP contribution in [-0.2, 0) is 0 Å². The molecule has 2 atom stereocenters. The largest absolute Gasteiger partial charge is 0.389 e. The highest BCUT2D eigenvalue weighted by Gasteiger charge is 2.20. The van der Waals surface area contributed by atoms with Crippen LogP contribution < -0.4 is 4.90 Å². The van der Waals surface area contributed by atoms with Gasteiger partial charge in [0.15, 0.2) is 0 Å². The van der Waals surface area contributed by atoms with Gasteiger partial charge < -0.3 is 10.0 Å². The molecule has 1 aromatic carbocycles. The van der Waals surface area contributed by atoms with Gasteiger partial charge in [0.25, 0.3) is 0 Å². The zero-order chi connectivity index (χ0) is 13.1. The first-order chi connectivity index (χ1) is 8.61. The van der Waals surface area contributed by atoms with Crippen LogP contribution in [0.4, 0.5) is 5.69 Å². The van der Waals surface area contributed by atoms with Crippen molar-refractivity contribution >= 4 is 17.3 Å². The predicted octanol–water partition coefficient (Wildman–Crippen LogP) is 4.02. The third-order valence-electron chi connectivity index (χ3n) is 3.89. The molecule has 100 valence electrons. The molecular formula is C15H22ClNO. The van der Waals surface area contributed by atoms with E-state index in [1.807, 2.05) is 18.2 Å². The predicted molar refractivity (Wildman–Crippen MR) is 77.3 cm³/mol. The molecule has 2 rings (SSSR count). The van der Waals surface area contributed by atoms with E-state index in [0.29, 0.717) is 0 Å². The molecule has 0 radical (unpaired) electrons. The number of halogens is 1. The smallest absolute Gasteiger partial charge is 0.0762 e. The number of nitrogens with zero attached hydrogens (tertiary/aromatic N) is 1. The summed E-state index contributed by atoms with van der Waals surface area (Å²) >= 11 is 6.34. The van der Waals surface area contributed by atoms with Crippen LogP contribution in [0.1, 0.15) is 44.8 Å².